The van der Waals surface area contributed by atoms with E-state index in [0.717, 1.165) is 12.2 Å². The van der Waals surface area contributed by atoms with E-state index in [0.29, 0.717) is 40.7 Å². The van der Waals surface area contributed by atoms with E-state index < -0.39 is 29.9 Å². The number of esters is 1. The van der Waals surface area contributed by atoms with Crippen molar-refractivity contribution >= 4 is 46.4 Å². The number of likely N-dealkylation sites (N-methyl/N-ethyl adjacent to an activating group) is 2. The molecule has 0 radical (unpaired) electrons. The molecule has 2 aromatic heterocycles. The molecule has 0 saturated heterocycles. The predicted molar refractivity (Wildman–Crippen MR) is 179 cm³/mol. The molecule has 1 aliphatic rings. The molecule has 12 heteroatoms. The summed E-state index contributed by atoms with van der Waals surface area (Å²) in [5.74, 6) is -0.590. The summed E-state index contributed by atoms with van der Waals surface area (Å²) in [7, 11) is 7.40. The Balaban J connectivity index is 1.87. The van der Waals surface area contributed by atoms with Crippen molar-refractivity contribution in [1.29, 1.82) is 0 Å². The van der Waals surface area contributed by atoms with Crippen molar-refractivity contribution in [2.45, 2.75) is 46.1 Å². The highest BCUT2D eigenvalue weighted by Gasteiger charge is 2.39. The first-order valence-corrected chi connectivity index (χ1v) is 14.7. The number of pyridine rings is 1. The molecule has 0 atom stereocenters. The number of aryl methyl sites for hydroxylation is 1. The molecule has 1 amide bonds. The normalized spacial score (nSPS) is 15.2. The monoisotopic (exact) mass is 618 g/mol. The number of ether oxygens (including phenoxy) is 2. The van der Waals surface area contributed by atoms with Gasteiger partial charge in [0.1, 0.15) is 11.3 Å². The third-order valence-electron chi connectivity index (χ3n) is 7.08. The third kappa shape index (κ3) is 7.51. The Hall–Kier alpha value is -4.71. The van der Waals surface area contributed by atoms with Crippen LogP contribution in [0.2, 0.25) is 0 Å². The Bertz CT molecular complexity index is 1680. The second kappa shape index (κ2) is 13.5. The quantitative estimate of drug-likeness (QED) is 0.209. The summed E-state index contributed by atoms with van der Waals surface area (Å²) in [5, 5.41) is 6.02. The van der Waals surface area contributed by atoms with Gasteiger partial charge in [0.15, 0.2) is 5.82 Å². The van der Waals surface area contributed by atoms with Gasteiger partial charge in [-0.15, -0.1) is 0 Å². The van der Waals surface area contributed by atoms with Gasteiger partial charge in [0.25, 0.3) is 0 Å². The van der Waals surface area contributed by atoms with Crippen LogP contribution >= 0.6 is 0 Å². The molecular formula is C33H44N8O4. The van der Waals surface area contributed by atoms with E-state index in [9.17, 15) is 12.3 Å². The second-order valence-electron chi connectivity index (χ2n) is 11.9. The number of nitrogens with one attached hydrogen (secondary N) is 2. The fourth-order valence-electron chi connectivity index (χ4n) is 4.80. The van der Waals surface area contributed by atoms with Crippen molar-refractivity contribution in [3.8, 4) is 5.75 Å². The van der Waals surface area contributed by atoms with Crippen molar-refractivity contribution in [3.05, 3.63) is 60.1 Å². The molecule has 0 bridgehead atoms. The van der Waals surface area contributed by atoms with Gasteiger partial charge in [0, 0.05) is 50.0 Å². The Morgan fingerprint density at radius 3 is 2.56 bits per heavy atom. The Labute approximate surface area is 268 Å². The zero-order valence-corrected chi connectivity index (χ0v) is 27.5. The van der Waals surface area contributed by atoms with Gasteiger partial charge in [-0.2, -0.15) is 4.98 Å². The SMILES string of the molecule is [2H]C1([2H])N(c2nc(Nc3cc(NC(=O)C=C)c(N(C)CCN(C)C)cc3OC)ncc2C(=O)OC(C)C)c2ccc(C)nc2C1(C)C. The summed E-state index contributed by atoms with van der Waals surface area (Å²) in [5.41, 5.74) is 2.30. The Morgan fingerprint density at radius 2 is 1.91 bits per heavy atom. The Morgan fingerprint density at radius 1 is 1.18 bits per heavy atom. The van der Waals surface area contributed by atoms with E-state index in [-0.39, 0.29) is 17.3 Å². The number of carbonyl (C=O) groups excluding carboxylic acids is 2. The average Bonchev–Trinajstić information content (AvgIpc) is 3.15. The number of amides is 1. The number of benzene rings is 1. The molecule has 240 valence electrons. The third-order valence-corrected chi connectivity index (χ3v) is 7.08. The molecule has 45 heavy (non-hydrogen) atoms. The van der Waals surface area contributed by atoms with E-state index >= 15 is 0 Å². The molecule has 0 spiro atoms. The first-order valence-electron chi connectivity index (χ1n) is 15.7. The van der Waals surface area contributed by atoms with Gasteiger partial charge in [-0.1, -0.05) is 20.4 Å². The first kappa shape index (κ1) is 30.3. The van der Waals surface area contributed by atoms with Crippen molar-refractivity contribution < 1.29 is 21.8 Å². The van der Waals surface area contributed by atoms with Gasteiger partial charge in [0.05, 0.1) is 44.4 Å². The highest BCUT2D eigenvalue weighted by atomic mass is 16.5. The standard InChI is InChI=1S/C33H44N8O4/c1-11-28(42)36-23-16-24(27(44-10)17-26(23)40(9)15-14-39(7)8)37-32-34-18-22(31(43)45-20(2)3)30(38-32)41-19-33(5,6)29-25(41)13-12-21(4)35-29/h11-13,16-18,20H,1,14-15,19H2,2-10H3,(H,36,42)(H,34,37,38)/i19D2. The molecule has 3 aromatic rings. The maximum atomic E-state index is 13.4. The van der Waals surface area contributed by atoms with Crippen LogP contribution in [0.25, 0.3) is 0 Å². The number of carbonyl (C=O) groups is 2. The lowest BCUT2D eigenvalue weighted by atomic mass is 9.91. The number of methoxy groups -OCH3 is 1. The average molecular weight is 619 g/mol. The number of rotatable bonds is 12. The lowest BCUT2D eigenvalue weighted by molar-refractivity contribution is -0.111. The van der Waals surface area contributed by atoms with Crippen LogP contribution in [0.1, 0.15) is 52.2 Å². The molecule has 4 rings (SSSR count). The number of nitrogens with zero attached hydrogens (tertiary/aromatic N) is 6. The van der Waals surface area contributed by atoms with Crippen LogP contribution in [-0.4, -0.2) is 85.7 Å². The minimum atomic E-state index is -2.05. The molecule has 3 heterocycles. The summed E-state index contributed by atoms with van der Waals surface area (Å²) in [4.78, 5) is 45.0. The van der Waals surface area contributed by atoms with Crippen molar-refractivity contribution in [1.82, 2.24) is 19.9 Å². The number of hydrogen-bond donors (Lipinski definition) is 2. The number of fused-ring (bicyclic) bond motifs is 1. The van der Waals surface area contributed by atoms with Crippen molar-refractivity contribution in [2.75, 3.05) is 68.3 Å². The maximum Gasteiger partial charge on any atom is 0.343 e. The van der Waals surface area contributed by atoms with Crippen LogP contribution in [0.4, 0.5) is 34.5 Å². The Kier molecular flexibility index (Phi) is 9.11. The van der Waals surface area contributed by atoms with Gasteiger partial charge >= 0.3 is 5.97 Å². The fraction of sp³-hybridized carbons (Fsp3) is 0.424. The summed E-state index contributed by atoms with van der Waals surface area (Å²) >= 11 is 0. The summed E-state index contributed by atoms with van der Waals surface area (Å²) < 4.78 is 29.8. The zero-order valence-electron chi connectivity index (χ0n) is 29.5. The molecule has 2 N–H and O–H groups in total. The fourth-order valence-corrected chi connectivity index (χ4v) is 4.80. The van der Waals surface area contributed by atoms with Crippen LogP contribution in [0.15, 0.2) is 43.1 Å². The maximum absolute atomic E-state index is 13.4. The van der Waals surface area contributed by atoms with Gasteiger partial charge < -0.3 is 34.8 Å². The number of aromatic nitrogens is 3. The number of anilines is 6. The van der Waals surface area contributed by atoms with Crippen LogP contribution in [0.5, 0.6) is 5.75 Å². The molecule has 0 saturated carbocycles. The molecule has 0 aliphatic carbocycles. The minimum absolute atomic E-state index is 0.00909. The van der Waals surface area contributed by atoms with Crippen molar-refractivity contribution in [3.63, 3.8) is 0 Å². The summed E-state index contributed by atoms with van der Waals surface area (Å²) in [6.45, 7) is 11.8. The lowest BCUT2D eigenvalue weighted by Crippen LogP contribution is -2.29. The van der Waals surface area contributed by atoms with E-state index in [1.807, 2.05) is 33.0 Å². The van der Waals surface area contributed by atoms with Gasteiger partial charge in [-0.25, -0.2) is 9.78 Å². The largest absolute Gasteiger partial charge is 0.494 e. The van der Waals surface area contributed by atoms with Gasteiger partial charge in [-0.3, -0.25) is 9.78 Å². The van der Waals surface area contributed by atoms with Crippen LogP contribution in [0.3, 0.4) is 0 Å². The summed E-state index contributed by atoms with van der Waals surface area (Å²) in [6.07, 6.45) is 2.07. The minimum Gasteiger partial charge on any atom is -0.494 e. The van der Waals surface area contributed by atoms with E-state index in [1.165, 1.54) is 24.3 Å². The number of hydrogen-bond acceptors (Lipinski definition) is 11. The molecular weight excluding hydrogens is 572 g/mol. The zero-order chi connectivity index (χ0) is 34.8. The van der Waals surface area contributed by atoms with Gasteiger partial charge in [-0.05, 0) is 59.1 Å². The van der Waals surface area contributed by atoms with E-state index in [4.69, 9.17) is 14.5 Å². The highest BCUT2D eigenvalue weighted by Crippen LogP contribution is 2.44. The lowest BCUT2D eigenvalue weighted by Gasteiger charge is -2.26. The topological polar surface area (TPSA) is 125 Å². The summed E-state index contributed by atoms with van der Waals surface area (Å²) in [6, 6.07) is 7.06. The first-order chi connectivity index (χ1) is 22.0. The van der Waals surface area contributed by atoms with Crippen LogP contribution in [0, 0.1) is 6.92 Å². The van der Waals surface area contributed by atoms with Crippen molar-refractivity contribution in [2.24, 2.45) is 0 Å². The molecule has 0 fully saturated rings. The van der Waals surface area contributed by atoms with Crippen LogP contribution in [-0.2, 0) is 14.9 Å². The van der Waals surface area contributed by atoms with Crippen LogP contribution < -0.4 is 25.2 Å². The molecule has 0 unspecified atom stereocenters. The van der Waals surface area contributed by atoms with E-state index in [1.54, 1.807) is 52.0 Å². The molecule has 12 nitrogen and oxygen atoms in total. The second-order valence-corrected chi connectivity index (χ2v) is 11.9. The predicted octanol–water partition coefficient (Wildman–Crippen LogP) is 5.05. The highest BCUT2D eigenvalue weighted by molar-refractivity contribution is 6.02. The van der Waals surface area contributed by atoms with E-state index in [2.05, 4.69) is 32.1 Å². The molecule has 1 aliphatic heterocycles. The smallest absolute Gasteiger partial charge is 0.343 e. The van der Waals surface area contributed by atoms with Gasteiger partial charge in [0.2, 0.25) is 11.9 Å². The molecule has 1 aromatic carbocycles.